The second kappa shape index (κ2) is 10.5. The number of esters is 1. The van der Waals surface area contributed by atoms with Crippen LogP contribution in [0.4, 0.5) is 5.69 Å². The van der Waals surface area contributed by atoms with Gasteiger partial charge in [0.15, 0.2) is 5.78 Å². The van der Waals surface area contributed by atoms with Crippen molar-refractivity contribution in [2.45, 2.75) is 19.4 Å². The molecule has 6 nitrogen and oxygen atoms in total. The number of benzene rings is 1. The second-order valence-electron chi connectivity index (χ2n) is 6.86. The third-order valence-corrected chi connectivity index (χ3v) is 5.02. The number of ether oxygens (including phenoxy) is 1. The number of methoxy groups -OCH3 is 1. The zero-order valence-electron chi connectivity index (χ0n) is 16.6. The molecule has 1 unspecified atom stereocenters. The Labute approximate surface area is 181 Å². The van der Waals surface area contributed by atoms with Crippen molar-refractivity contribution in [3.63, 3.8) is 0 Å². The predicted molar refractivity (Wildman–Crippen MR) is 120 cm³/mol. The fourth-order valence-corrected chi connectivity index (χ4v) is 3.57. The fraction of sp³-hybridized carbons (Fsp3) is 0.217. The Morgan fingerprint density at radius 1 is 1.20 bits per heavy atom. The van der Waals surface area contributed by atoms with Crippen LogP contribution in [-0.4, -0.2) is 28.8 Å². The number of ketones is 1. The number of nitrogens with one attached hydrogen (secondary N) is 2. The highest BCUT2D eigenvalue weighted by Crippen LogP contribution is 2.28. The van der Waals surface area contributed by atoms with E-state index in [1.54, 1.807) is 18.5 Å². The number of anilines is 1. The van der Waals surface area contributed by atoms with Gasteiger partial charge < -0.3 is 15.4 Å². The fourth-order valence-electron chi connectivity index (χ4n) is 3.21. The molecule has 0 saturated carbocycles. The van der Waals surface area contributed by atoms with Crippen LogP contribution in [0.3, 0.4) is 0 Å². The van der Waals surface area contributed by atoms with Crippen molar-refractivity contribution in [3.8, 4) is 0 Å². The number of carbonyl (C=O) groups excluding carboxylic acids is 2. The Morgan fingerprint density at radius 2 is 1.93 bits per heavy atom. The molecule has 1 aliphatic carbocycles. The highest BCUT2D eigenvalue weighted by Gasteiger charge is 2.29. The molecule has 0 aliphatic heterocycles. The van der Waals surface area contributed by atoms with Gasteiger partial charge in [-0.15, -0.1) is 0 Å². The molecule has 0 amide bonds. The lowest BCUT2D eigenvalue weighted by molar-refractivity contribution is -0.134. The highest BCUT2D eigenvalue weighted by molar-refractivity contribution is 7.81. The van der Waals surface area contributed by atoms with Gasteiger partial charge in [-0.2, -0.15) is 0 Å². The van der Waals surface area contributed by atoms with Crippen LogP contribution in [0.5, 0.6) is 0 Å². The molecule has 2 aromatic rings. The van der Waals surface area contributed by atoms with Gasteiger partial charge in [0.2, 0.25) is 0 Å². The van der Waals surface area contributed by atoms with Gasteiger partial charge in [-0.3, -0.25) is 9.78 Å². The molecule has 0 fully saturated rings. The summed E-state index contributed by atoms with van der Waals surface area (Å²) in [7, 11) is 1.33. The number of nitrogens with zero attached hydrogens (tertiary/aromatic N) is 1. The average molecular weight is 422 g/mol. The van der Waals surface area contributed by atoms with E-state index in [0.29, 0.717) is 23.5 Å². The maximum atomic E-state index is 13.0. The van der Waals surface area contributed by atoms with Crippen molar-refractivity contribution in [1.29, 1.82) is 0 Å². The van der Waals surface area contributed by atoms with Crippen molar-refractivity contribution < 1.29 is 14.3 Å². The number of hydrogen-bond acceptors (Lipinski definition) is 6. The molecule has 1 aromatic carbocycles. The summed E-state index contributed by atoms with van der Waals surface area (Å²) in [4.78, 5) is 28.8. The smallest absolute Gasteiger partial charge is 0.330 e. The number of hydrogen-bond donors (Lipinski definition) is 2. The molecular formula is C23H23N3O3S. The largest absolute Gasteiger partial charge is 0.466 e. The summed E-state index contributed by atoms with van der Waals surface area (Å²) >= 11 is 5.57. The normalized spacial score (nSPS) is 16.4. The van der Waals surface area contributed by atoms with E-state index in [1.165, 1.54) is 13.2 Å². The maximum absolute atomic E-state index is 13.0. The topological polar surface area (TPSA) is 80.3 Å². The number of pyridine rings is 1. The number of Topliss-reactive ketones (excluding diaryl/α,β-unsaturated/α-hetero) is 1. The molecule has 1 aliphatic rings. The van der Waals surface area contributed by atoms with Crippen LogP contribution in [0.25, 0.3) is 0 Å². The number of allylic oxidation sites excluding steroid dienone is 2. The first kappa shape index (κ1) is 21.4. The summed E-state index contributed by atoms with van der Waals surface area (Å²) in [5, 5.41) is 6.53. The zero-order valence-corrected chi connectivity index (χ0v) is 17.4. The Kier molecular flexibility index (Phi) is 7.45. The van der Waals surface area contributed by atoms with Crippen LogP contribution in [0, 0.1) is 5.92 Å². The maximum Gasteiger partial charge on any atom is 0.330 e. The summed E-state index contributed by atoms with van der Waals surface area (Å²) < 4.78 is 4.65. The summed E-state index contributed by atoms with van der Waals surface area (Å²) in [6, 6.07) is 13.3. The zero-order chi connectivity index (χ0) is 21.3. The second-order valence-corrected chi connectivity index (χ2v) is 7.26. The van der Waals surface area contributed by atoms with Gasteiger partial charge in [0.05, 0.1) is 12.7 Å². The summed E-state index contributed by atoms with van der Waals surface area (Å²) in [5.74, 6) is -0.615. The molecule has 0 radical (unpaired) electrons. The summed E-state index contributed by atoms with van der Waals surface area (Å²) in [6.45, 7) is 0.538. The third-order valence-electron chi connectivity index (χ3n) is 4.71. The standard InChI is InChI=1S/C23H23N3O3S/c1-29-21(28)8-7-17-13-19(25-15-16-9-11-24-12-10-16)22(20(27)14-17)23(30)26-18-5-3-2-4-6-18/h2-12,17,25H,13-15H2,1H3,(H,26,30)/b8-7+. The minimum atomic E-state index is -0.440. The van der Waals surface area contributed by atoms with E-state index in [-0.39, 0.29) is 18.1 Å². The summed E-state index contributed by atoms with van der Waals surface area (Å²) in [6.07, 6.45) is 7.38. The average Bonchev–Trinajstić information content (AvgIpc) is 2.77. The number of thiocarbonyl (C=S) groups is 1. The molecule has 154 valence electrons. The number of rotatable bonds is 7. The first-order valence-corrected chi connectivity index (χ1v) is 9.99. The van der Waals surface area contributed by atoms with Crippen LogP contribution in [0.15, 0.2) is 78.3 Å². The van der Waals surface area contributed by atoms with E-state index < -0.39 is 5.97 Å². The Morgan fingerprint density at radius 3 is 2.63 bits per heavy atom. The van der Waals surface area contributed by atoms with Gasteiger partial charge in [0, 0.05) is 42.8 Å². The Hall–Kier alpha value is -3.32. The summed E-state index contributed by atoms with van der Waals surface area (Å²) in [5.41, 5.74) is 3.11. The van der Waals surface area contributed by atoms with E-state index in [1.807, 2.05) is 42.5 Å². The van der Waals surface area contributed by atoms with E-state index >= 15 is 0 Å². The van der Waals surface area contributed by atoms with E-state index in [4.69, 9.17) is 12.2 Å². The molecule has 1 atom stereocenters. The molecule has 0 spiro atoms. The van der Waals surface area contributed by atoms with Crippen LogP contribution in [0.2, 0.25) is 0 Å². The van der Waals surface area contributed by atoms with Gasteiger partial charge >= 0.3 is 5.97 Å². The van der Waals surface area contributed by atoms with Crippen molar-refractivity contribution in [1.82, 2.24) is 10.3 Å². The number of carbonyl (C=O) groups is 2. The van der Waals surface area contributed by atoms with E-state index in [9.17, 15) is 9.59 Å². The molecule has 30 heavy (non-hydrogen) atoms. The molecule has 7 heteroatoms. The lowest BCUT2D eigenvalue weighted by Gasteiger charge is -2.26. The monoisotopic (exact) mass is 421 g/mol. The van der Waals surface area contributed by atoms with Crippen molar-refractivity contribution >= 4 is 34.6 Å². The highest BCUT2D eigenvalue weighted by atomic mass is 32.1. The molecule has 2 N–H and O–H groups in total. The van der Waals surface area contributed by atoms with E-state index in [2.05, 4.69) is 20.4 Å². The minimum absolute atomic E-state index is 0.0635. The van der Waals surface area contributed by atoms with Crippen LogP contribution in [0.1, 0.15) is 18.4 Å². The molecule has 3 rings (SSSR count). The lowest BCUT2D eigenvalue weighted by Crippen LogP contribution is -2.31. The van der Waals surface area contributed by atoms with Gasteiger partial charge in [-0.1, -0.05) is 36.5 Å². The Bertz CT molecular complexity index is 972. The minimum Gasteiger partial charge on any atom is -0.466 e. The molecule has 1 aromatic heterocycles. The first-order chi connectivity index (χ1) is 14.6. The molecule has 0 saturated heterocycles. The van der Waals surface area contributed by atoms with Gasteiger partial charge in [0.1, 0.15) is 4.99 Å². The van der Waals surface area contributed by atoms with Crippen molar-refractivity contribution in [2.75, 3.05) is 12.4 Å². The van der Waals surface area contributed by atoms with Gasteiger partial charge in [-0.25, -0.2) is 4.79 Å². The SMILES string of the molecule is COC(=O)/C=C/C1CC(=O)C(C(=S)Nc2ccccc2)=C(NCc2ccncc2)C1. The number of para-hydroxylation sites is 1. The predicted octanol–water partition coefficient (Wildman–Crippen LogP) is 3.57. The van der Waals surface area contributed by atoms with Crippen molar-refractivity contribution in [3.05, 3.63) is 83.8 Å². The third kappa shape index (κ3) is 5.84. The Balaban J connectivity index is 1.84. The molecule has 1 heterocycles. The molecule has 0 bridgehead atoms. The van der Waals surface area contributed by atoms with Crippen molar-refractivity contribution in [2.24, 2.45) is 5.92 Å². The first-order valence-electron chi connectivity index (χ1n) is 9.58. The van der Waals surface area contributed by atoms with Crippen LogP contribution in [-0.2, 0) is 20.9 Å². The van der Waals surface area contributed by atoms with E-state index in [0.717, 1.165) is 16.9 Å². The lowest BCUT2D eigenvalue weighted by atomic mass is 9.85. The van der Waals surface area contributed by atoms with Gasteiger partial charge in [-0.05, 0) is 42.2 Å². The van der Waals surface area contributed by atoms with Gasteiger partial charge in [0.25, 0.3) is 0 Å². The molecular weight excluding hydrogens is 398 g/mol. The quantitative estimate of drug-likeness (QED) is 0.402. The number of aromatic nitrogens is 1. The van der Waals surface area contributed by atoms with Crippen LogP contribution < -0.4 is 10.6 Å². The van der Waals surface area contributed by atoms with Crippen LogP contribution >= 0.6 is 12.2 Å².